The van der Waals surface area contributed by atoms with Crippen LogP contribution in [0.25, 0.3) is 0 Å². The maximum Gasteiger partial charge on any atom is 0.326 e. The van der Waals surface area contributed by atoms with Gasteiger partial charge >= 0.3 is 12.0 Å². The van der Waals surface area contributed by atoms with Crippen molar-refractivity contribution in [1.29, 1.82) is 5.26 Å². The molecule has 1 aromatic rings. The zero-order valence-electron chi connectivity index (χ0n) is 16.0. The van der Waals surface area contributed by atoms with Crippen LogP contribution in [0.5, 0.6) is 0 Å². The van der Waals surface area contributed by atoms with Gasteiger partial charge in [-0.3, -0.25) is 19.3 Å². The number of ether oxygens (including phenoxy) is 1. The number of nitriles is 1. The number of nitrogens with zero attached hydrogens (tertiary/aromatic N) is 3. The van der Waals surface area contributed by atoms with E-state index in [0.29, 0.717) is 5.56 Å². The summed E-state index contributed by atoms with van der Waals surface area (Å²) in [5.74, 6) is -1.93. The van der Waals surface area contributed by atoms with Crippen molar-refractivity contribution in [3.05, 3.63) is 35.4 Å². The molecule has 1 heterocycles. The van der Waals surface area contributed by atoms with E-state index in [-0.39, 0.29) is 13.0 Å². The number of carbonyl (C=O) groups is 4. The molecule has 1 atom stereocenters. The van der Waals surface area contributed by atoms with Crippen molar-refractivity contribution in [3.8, 4) is 6.07 Å². The first-order valence-corrected chi connectivity index (χ1v) is 8.67. The second kappa shape index (κ2) is 8.52. The lowest BCUT2D eigenvalue weighted by Crippen LogP contribution is -2.42. The first-order chi connectivity index (χ1) is 13.2. The van der Waals surface area contributed by atoms with E-state index in [1.165, 1.54) is 11.9 Å². The van der Waals surface area contributed by atoms with Crippen LogP contribution in [0.4, 0.5) is 4.79 Å². The highest BCUT2D eigenvalue weighted by molar-refractivity contribution is 6.08. The fourth-order valence-electron chi connectivity index (χ4n) is 2.69. The minimum absolute atomic E-state index is 0.163. The lowest BCUT2D eigenvalue weighted by Gasteiger charge is -2.22. The maximum atomic E-state index is 12.8. The molecular weight excluding hydrogens is 364 g/mol. The molecule has 1 aliphatic heterocycles. The molecule has 0 spiro atoms. The highest BCUT2D eigenvalue weighted by atomic mass is 16.5. The molecule has 4 amide bonds. The molecule has 0 aromatic heterocycles. The molecule has 1 saturated heterocycles. The smallest absolute Gasteiger partial charge is 0.326 e. The lowest BCUT2D eigenvalue weighted by molar-refractivity contribution is -0.153. The molecular formula is C19H22N4O5. The average molecular weight is 386 g/mol. The molecule has 0 bridgehead atoms. The Balaban J connectivity index is 1.97. The van der Waals surface area contributed by atoms with Crippen molar-refractivity contribution in [2.45, 2.75) is 25.8 Å². The molecule has 0 unspecified atom stereocenters. The summed E-state index contributed by atoms with van der Waals surface area (Å²) in [6.45, 7) is 2.56. The number of carbonyl (C=O) groups excluding carboxylic acids is 4. The predicted molar refractivity (Wildman–Crippen MR) is 97.6 cm³/mol. The summed E-state index contributed by atoms with van der Waals surface area (Å²) in [5.41, 5.74) is 0.328. The summed E-state index contributed by atoms with van der Waals surface area (Å²) in [7, 11) is 1.48. The Bertz CT molecular complexity index is 830. The topological polar surface area (TPSA) is 120 Å². The minimum Gasteiger partial charge on any atom is -0.454 e. The van der Waals surface area contributed by atoms with Gasteiger partial charge in [0.05, 0.1) is 12.5 Å². The second-order valence-electron chi connectivity index (χ2n) is 6.70. The van der Waals surface area contributed by atoms with Crippen LogP contribution in [0.15, 0.2) is 24.3 Å². The van der Waals surface area contributed by atoms with Crippen LogP contribution in [0.1, 0.15) is 24.5 Å². The lowest BCUT2D eigenvalue weighted by atomic mass is 9.91. The molecule has 9 nitrogen and oxygen atoms in total. The quantitative estimate of drug-likeness (QED) is 0.543. The van der Waals surface area contributed by atoms with E-state index in [0.717, 1.165) is 10.5 Å². The van der Waals surface area contributed by atoms with Crippen LogP contribution in [-0.2, 0) is 24.7 Å². The number of benzene rings is 1. The van der Waals surface area contributed by atoms with Gasteiger partial charge in [-0.1, -0.05) is 29.8 Å². The standard InChI is InChI=1S/C19H22N4O5/c1-13-5-7-14(8-6-13)19(2)17(26)23(18(27)21-19)11-16(25)28-12-15(24)22(3)10-4-9-20/h5-8H,4,10-12H2,1-3H3,(H,21,27)/t19-/m1/s1. The monoisotopic (exact) mass is 386 g/mol. The Morgan fingerprint density at radius 3 is 2.54 bits per heavy atom. The SMILES string of the molecule is Cc1ccc([C@@]2(C)NC(=O)N(CC(=O)OCC(=O)N(C)CCC#N)C2=O)cc1. The summed E-state index contributed by atoms with van der Waals surface area (Å²) >= 11 is 0. The molecule has 0 saturated carbocycles. The first-order valence-electron chi connectivity index (χ1n) is 8.67. The molecule has 28 heavy (non-hydrogen) atoms. The van der Waals surface area contributed by atoms with E-state index in [1.807, 2.05) is 25.1 Å². The third-order valence-electron chi connectivity index (χ3n) is 4.53. The van der Waals surface area contributed by atoms with Crippen molar-refractivity contribution < 1.29 is 23.9 Å². The van der Waals surface area contributed by atoms with Gasteiger partial charge in [0.15, 0.2) is 6.61 Å². The van der Waals surface area contributed by atoms with Gasteiger partial charge in [0.1, 0.15) is 12.1 Å². The fourth-order valence-corrected chi connectivity index (χ4v) is 2.69. The minimum atomic E-state index is -1.28. The second-order valence-corrected chi connectivity index (χ2v) is 6.70. The van der Waals surface area contributed by atoms with Crippen LogP contribution in [0.2, 0.25) is 0 Å². The van der Waals surface area contributed by atoms with E-state index in [9.17, 15) is 19.2 Å². The number of urea groups is 1. The molecule has 2 rings (SSSR count). The summed E-state index contributed by atoms with van der Waals surface area (Å²) < 4.78 is 4.87. The summed E-state index contributed by atoms with van der Waals surface area (Å²) in [5, 5.41) is 11.1. The zero-order valence-corrected chi connectivity index (χ0v) is 16.0. The van der Waals surface area contributed by atoms with Gasteiger partial charge in [-0.2, -0.15) is 5.26 Å². The Labute approximate surface area is 162 Å². The van der Waals surface area contributed by atoms with Crippen LogP contribution in [-0.4, -0.2) is 60.4 Å². The highest BCUT2D eigenvalue weighted by Gasteiger charge is 2.49. The Kier molecular flexibility index (Phi) is 6.36. The fraction of sp³-hybridized carbons (Fsp3) is 0.421. The van der Waals surface area contributed by atoms with Crippen LogP contribution in [0.3, 0.4) is 0 Å². The number of amides is 4. The van der Waals surface area contributed by atoms with Gasteiger partial charge in [-0.25, -0.2) is 4.79 Å². The Morgan fingerprint density at radius 2 is 1.93 bits per heavy atom. The molecule has 9 heteroatoms. The summed E-state index contributed by atoms with van der Waals surface area (Å²) in [4.78, 5) is 50.8. The van der Waals surface area contributed by atoms with Crippen molar-refractivity contribution in [2.24, 2.45) is 0 Å². The number of nitrogens with one attached hydrogen (secondary N) is 1. The van der Waals surface area contributed by atoms with Crippen molar-refractivity contribution >= 4 is 23.8 Å². The number of hydrogen-bond donors (Lipinski definition) is 1. The largest absolute Gasteiger partial charge is 0.454 e. The van der Waals surface area contributed by atoms with Crippen molar-refractivity contribution in [3.63, 3.8) is 0 Å². The summed E-state index contributed by atoms with van der Waals surface area (Å²) in [6, 6.07) is 8.34. The van der Waals surface area contributed by atoms with E-state index in [2.05, 4.69) is 5.32 Å². The molecule has 0 radical (unpaired) electrons. The van der Waals surface area contributed by atoms with E-state index < -0.39 is 42.5 Å². The number of likely N-dealkylation sites (N-methyl/N-ethyl adjacent to an activating group) is 1. The van der Waals surface area contributed by atoms with Crippen molar-refractivity contribution in [1.82, 2.24) is 15.1 Å². The molecule has 1 aromatic carbocycles. The van der Waals surface area contributed by atoms with Crippen LogP contribution >= 0.6 is 0 Å². The number of esters is 1. The molecule has 1 aliphatic rings. The number of aryl methyl sites for hydroxylation is 1. The van der Waals surface area contributed by atoms with Crippen LogP contribution in [0, 0.1) is 18.3 Å². The first kappa shape index (κ1) is 20.9. The summed E-state index contributed by atoms with van der Waals surface area (Å²) in [6.07, 6.45) is 0.163. The van der Waals surface area contributed by atoms with E-state index in [1.54, 1.807) is 19.1 Å². The molecule has 148 valence electrons. The van der Waals surface area contributed by atoms with Gasteiger partial charge in [0, 0.05) is 13.6 Å². The zero-order chi connectivity index (χ0) is 20.9. The van der Waals surface area contributed by atoms with E-state index in [4.69, 9.17) is 10.00 Å². The maximum absolute atomic E-state index is 12.8. The Morgan fingerprint density at radius 1 is 1.29 bits per heavy atom. The number of imide groups is 1. The van der Waals surface area contributed by atoms with Gasteiger partial charge in [0.25, 0.3) is 11.8 Å². The highest BCUT2D eigenvalue weighted by Crippen LogP contribution is 2.28. The average Bonchev–Trinajstić information content (AvgIpc) is 2.88. The van der Waals surface area contributed by atoms with Gasteiger partial charge in [-0.15, -0.1) is 0 Å². The Hall–Kier alpha value is -3.41. The molecule has 1 N–H and O–H groups in total. The molecule has 1 fully saturated rings. The number of hydrogen-bond acceptors (Lipinski definition) is 6. The van der Waals surface area contributed by atoms with Crippen molar-refractivity contribution in [2.75, 3.05) is 26.7 Å². The predicted octanol–water partition coefficient (Wildman–Crippen LogP) is 0.677. The van der Waals surface area contributed by atoms with Gasteiger partial charge in [-0.05, 0) is 19.4 Å². The number of rotatable bonds is 7. The van der Waals surface area contributed by atoms with Gasteiger partial charge in [0.2, 0.25) is 0 Å². The normalized spacial score (nSPS) is 18.4. The van der Waals surface area contributed by atoms with Crippen LogP contribution < -0.4 is 5.32 Å². The third kappa shape index (κ3) is 4.46. The molecule has 0 aliphatic carbocycles. The van der Waals surface area contributed by atoms with E-state index >= 15 is 0 Å². The van der Waals surface area contributed by atoms with Gasteiger partial charge < -0.3 is 15.0 Å². The third-order valence-corrected chi connectivity index (χ3v) is 4.53.